The van der Waals surface area contributed by atoms with Crippen LogP contribution in [0, 0.1) is 0 Å². The molecule has 4 heteroatoms. The molecule has 90 valence electrons. The van der Waals surface area contributed by atoms with Crippen LogP contribution in [0.1, 0.15) is 5.56 Å². The molecule has 0 saturated carbocycles. The zero-order valence-electron chi connectivity index (χ0n) is 9.36. The monoisotopic (exact) mass is 311 g/mol. The third-order valence-electron chi connectivity index (χ3n) is 2.27. The molecule has 2 nitrogen and oxygen atoms in total. The number of hydrogen-bond donors (Lipinski definition) is 1. The Kier molecular flexibility index (Phi) is 5.04. The molecular formula is C13H14BrNOS. The van der Waals surface area contributed by atoms with E-state index in [1.165, 1.54) is 5.56 Å². The highest BCUT2D eigenvalue weighted by atomic mass is 79.9. The summed E-state index contributed by atoms with van der Waals surface area (Å²) >= 11 is 5.12. The maximum atomic E-state index is 5.60. The summed E-state index contributed by atoms with van der Waals surface area (Å²) in [5, 5.41) is 7.59. The zero-order chi connectivity index (χ0) is 11.9. The molecule has 1 heterocycles. The van der Waals surface area contributed by atoms with E-state index in [-0.39, 0.29) is 0 Å². The average molecular weight is 312 g/mol. The Hall–Kier alpha value is -0.840. The second kappa shape index (κ2) is 6.79. The van der Waals surface area contributed by atoms with Crippen molar-refractivity contribution in [2.24, 2.45) is 0 Å². The molecule has 1 aromatic heterocycles. The maximum absolute atomic E-state index is 5.60. The number of benzene rings is 1. The maximum Gasteiger partial charge on any atom is 0.119 e. The first-order valence-corrected chi connectivity index (χ1v) is 7.18. The van der Waals surface area contributed by atoms with Gasteiger partial charge < -0.3 is 10.1 Å². The highest BCUT2D eigenvalue weighted by Crippen LogP contribution is 2.15. The number of thiophene rings is 1. The first-order chi connectivity index (χ1) is 8.34. The minimum atomic E-state index is 0.686. The standard InChI is InChI=1S/C13H14BrNOS/c14-12-1-3-13(4-2-12)16-7-6-15-9-11-5-8-17-10-11/h1-5,8,10,15H,6-7,9H2. The number of nitrogens with one attached hydrogen (secondary N) is 1. The van der Waals surface area contributed by atoms with E-state index in [2.05, 4.69) is 38.1 Å². The number of ether oxygens (including phenoxy) is 1. The molecule has 2 rings (SSSR count). The van der Waals surface area contributed by atoms with Crippen LogP contribution in [0.25, 0.3) is 0 Å². The van der Waals surface area contributed by atoms with E-state index in [1.54, 1.807) is 11.3 Å². The molecule has 0 aliphatic heterocycles. The van der Waals surface area contributed by atoms with Gasteiger partial charge in [0, 0.05) is 17.6 Å². The van der Waals surface area contributed by atoms with Crippen LogP contribution < -0.4 is 10.1 Å². The van der Waals surface area contributed by atoms with Crippen LogP contribution in [0.3, 0.4) is 0 Å². The van der Waals surface area contributed by atoms with Crippen molar-refractivity contribution in [1.29, 1.82) is 0 Å². The molecule has 0 amide bonds. The lowest BCUT2D eigenvalue weighted by Crippen LogP contribution is -2.20. The van der Waals surface area contributed by atoms with Crippen LogP contribution in [0.5, 0.6) is 5.75 Å². The number of hydrogen-bond acceptors (Lipinski definition) is 3. The van der Waals surface area contributed by atoms with Gasteiger partial charge in [-0.2, -0.15) is 11.3 Å². The van der Waals surface area contributed by atoms with Crippen LogP contribution >= 0.6 is 27.3 Å². The first kappa shape index (κ1) is 12.6. The van der Waals surface area contributed by atoms with Gasteiger partial charge in [-0.1, -0.05) is 15.9 Å². The lowest BCUT2D eigenvalue weighted by Gasteiger charge is -2.07. The molecule has 0 fully saturated rings. The third-order valence-corrected chi connectivity index (χ3v) is 3.53. The van der Waals surface area contributed by atoms with Crippen LogP contribution in [-0.2, 0) is 6.54 Å². The summed E-state index contributed by atoms with van der Waals surface area (Å²) in [6.45, 7) is 2.45. The summed E-state index contributed by atoms with van der Waals surface area (Å²) in [6, 6.07) is 10.0. The second-order valence-electron chi connectivity index (χ2n) is 3.61. The van der Waals surface area contributed by atoms with Crippen LogP contribution in [-0.4, -0.2) is 13.2 Å². The summed E-state index contributed by atoms with van der Waals surface area (Å²) in [5.41, 5.74) is 1.33. The average Bonchev–Trinajstić information content (AvgIpc) is 2.84. The predicted molar refractivity (Wildman–Crippen MR) is 75.7 cm³/mol. The van der Waals surface area contributed by atoms with Crippen molar-refractivity contribution >= 4 is 27.3 Å². The van der Waals surface area contributed by atoms with Crippen molar-refractivity contribution in [3.63, 3.8) is 0 Å². The smallest absolute Gasteiger partial charge is 0.119 e. The molecular weight excluding hydrogens is 298 g/mol. The summed E-state index contributed by atoms with van der Waals surface area (Å²) in [4.78, 5) is 0. The Morgan fingerprint density at radius 1 is 1.18 bits per heavy atom. The van der Waals surface area contributed by atoms with Gasteiger partial charge in [0.05, 0.1) is 0 Å². The minimum Gasteiger partial charge on any atom is -0.492 e. The van der Waals surface area contributed by atoms with E-state index in [1.807, 2.05) is 24.3 Å². The van der Waals surface area contributed by atoms with E-state index in [0.29, 0.717) is 6.61 Å². The fourth-order valence-corrected chi connectivity index (χ4v) is 2.33. The molecule has 0 aliphatic carbocycles. The Balaban J connectivity index is 1.61. The quantitative estimate of drug-likeness (QED) is 0.822. The lowest BCUT2D eigenvalue weighted by molar-refractivity contribution is 0.313. The van der Waals surface area contributed by atoms with E-state index < -0.39 is 0 Å². The topological polar surface area (TPSA) is 21.3 Å². The van der Waals surface area contributed by atoms with Gasteiger partial charge in [0.15, 0.2) is 0 Å². The van der Waals surface area contributed by atoms with Crippen LogP contribution in [0.4, 0.5) is 0 Å². The minimum absolute atomic E-state index is 0.686. The van der Waals surface area contributed by atoms with Crippen molar-refractivity contribution in [3.05, 3.63) is 51.1 Å². The highest BCUT2D eigenvalue weighted by molar-refractivity contribution is 9.10. The Morgan fingerprint density at radius 3 is 2.71 bits per heavy atom. The van der Waals surface area contributed by atoms with Crippen molar-refractivity contribution in [3.8, 4) is 5.75 Å². The SMILES string of the molecule is Brc1ccc(OCCNCc2ccsc2)cc1. The van der Waals surface area contributed by atoms with Gasteiger partial charge in [0.25, 0.3) is 0 Å². The van der Waals surface area contributed by atoms with E-state index in [4.69, 9.17) is 4.74 Å². The summed E-state index contributed by atoms with van der Waals surface area (Å²) in [6.07, 6.45) is 0. The lowest BCUT2D eigenvalue weighted by atomic mass is 10.3. The van der Waals surface area contributed by atoms with Crippen LogP contribution in [0.2, 0.25) is 0 Å². The fraction of sp³-hybridized carbons (Fsp3) is 0.231. The largest absolute Gasteiger partial charge is 0.492 e. The summed E-state index contributed by atoms with van der Waals surface area (Å²) in [5.74, 6) is 0.908. The third kappa shape index (κ3) is 4.50. The molecule has 0 bridgehead atoms. The molecule has 0 unspecified atom stereocenters. The van der Waals surface area contributed by atoms with E-state index in [9.17, 15) is 0 Å². The molecule has 0 radical (unpaired) electrons. The van der Waals surface area contributed by atoms with Gasteiger partial charge in [-0.25, -0.2) is 0 Å². The van der Waals surface area contributed by atoms with Gasteiger partial charge in [0.1, 0.15) is 12.4 Å². The second-order valence-corrected chi connectivity index (χ2v) is 5.31. The summed E-state index contributed by atoms with van der Waals surface area (Å²) < 4.78 is 6.67. The normalized spacial score (nSPS) is 10.4. The zero-order valence-corrected chi connectivity index (χ0v) is 11.8. The molecule has 0 aliphatic rings. The van der Waals surface area contributed by atoms with Gasteiger partial charge in [0.2, 0.25) is 0 Å². The Morgan fingerprint density at radius 2 is 2.00 bits per heavy atom. The van der Waals surface area contributed by atoms with E-state index >= 15 is 0 Å². The molecule has 2 aromatic rings. The molecule has 0 atom stereocenters. The molecule has 0 spiro atoms. The van der Waals surface area contributed by atoms with Gasteiger partial charge in [-0.05, 0) is 46.7 Å². The molecule has 1 N–H and O–H groups in total. The fourth-order valence-electron chi connectivity index (χ4n) is 1.40. The van der Waals surface area contributed by atoms with Crippen molar-refractivity contribution in [1.82, 2.24) is 5.32 Å². The van der Waals surface area contributed by atoms with Crippen molar-refractivity contribution in [2.75, 3.05) is 13.2 Å². The van der Waals surface area contributed by atoms with Crippen molar-refractivity contribution < 1.29 is 4.74 Å². The number of halogens is 1. The van der Waals surface area contributed by atoms with Gasteiger partial charge in [-0.15, -0.1) is 0 Å². The van der Waals surface area contributed by atoms with E-state index in [0.717, 1.165) is 23.3 Å². The first-order valence-electron chi connectivity index (χ1n) is 5.45. The summed E-state index contributed by atoms with van der Waals surface area (Å²) in [7, 11) is 0. The van der Waals surface area contributed by atoms with Gasteiger partial charge in [-0.3, -0.25) is 0 Å². The molecule has 17 heavy (non-hydrogen) atoms. The molecule has 0 saturated heterocycles. The Bertz CT molecular complexity index is 427. The van der Waals surface area contributed by atoms with Gasteiger partial charge >= 0.3 is 0 Å². The number of rotatable bonds is 6. The predicted octanol–water partition coefficient (Wildman–Crippen LogP) is 3.68. The van der Waals surface area contributed by atoms with Crippen LogP contribution in [0.15, 0.2) is 45.6 Å². The Labute approximate surface area is 114 Å². The van der Waals surface area contributed by atoms with Crippen molar-refractivity contribution in [2.45, 2.75) is 6.54 Å². The highest BCUT2D eigenvalue weighted by Gasteiger charge is 1.94. The molecule has 1 aromatic carbocycles.